The Morgan fingerprint density at radius 3 is 2.22 bits per heavy atom. The van der Waals surface area contributed by atoms with Gasteiger partial charge >= 0.3 is 5.97 Å². The van der Waals surface area contributed by atoms with E-state index >= 15 is 0 Å². The number of aromatic nitrogens is 1. The van der Waals surface area contributed by atoms with Crippen molar-refractivity contribution in [1.82, 2.24) is 4.98 Å². The number of hydrogen-bond donors (Lipinski definition) is 1. The zero-order chi connectivity index (χ0) is 23.8. The summed E-state index contributed by atoms with van der Waals surface area (Å²) in [5, 5.41) is 10.3. The van der Waals surface area contributed by atoms with E-state index < -0.39 is 18.0 Å². The number of nitrogens with zero attached hydrogens (tertiary/aromatic N) is 1. The van der Waals surface area contributed by atoms with Crippen molar-refractivity contribution in [3.05, 3.63) is 42.2 Å². The number of carbonyl (C=O) groups excluding carboxylic acids is 1. The third-order valence-electron chi connectivity index (χ3n) is 5.02. The molecule has 0 bridgehead atoms. The number of benzene rings is 1. The van der Waals surface area contributed by atoms with Gasteiger partial charge in [0.1, 0.15) is 29.4 Å². The van der Waals surface area contributed by atoms with Crippen molar-refractivity contribution in [2.75, 3.05) is 14.2 Å². The lowest BCUT2D eigenvalue weighted by atomic mass is 10.0. The normalized spacial score (nSPS) is 13.7. The van der Waals surface area contributed by atoms with Crippen molar-refractivity contribution in [2.24, 2.45) is 11.8 Å². The van der Waals surface area contributed by atoms with E-state index in [1.54, 1.807) is 14.0 Å². The van der Waals surface area contributed by atoms with Crippen LogP contribution in [0.5, 0.6) is 23.0 Å². The lowest BCUT2D eigenvalue weighted by molar-refractivity contribution is -0.160. The third kappa shape index (κ3) is 6.56. The molecular formula is C24H31NO6S. The number of carbonyl (C=O) groups is 1. The molecule has 0 aliphatic carbocycles. The van der Waals surface area contributed by atoms with E-state index in [9.17, 15) is 9.90 Å². The summed E-state index contributed by atoms with van der Waals surface area (Å²) < 4.78 is 22.1. The standard InChI is InChI=1S/C24H31NO6S/c1-14(2)23(16(4)30-18-9-7-17(28-5)8-10-18)31-24(27)15(3)13-20(32)21-22(26)19(29-6)11-12-25-21/h7-12,14-16,23,26H,13H2,1-6H3/t15-,16+,23-/m1/s1. The fourth-order valence-corrected chi connectivity index (χ4v) is 3.62. The topological polar surface area (TPSA) is 87.1 Å². The Hall–Kier alpha value is -2.87. The first-order valence-corrected chi connectivity index (χ1v) is 10.8. The zero-order valence-corrected chi connectivity index (χ0v) is 20.1. The summed E-state index contributed by atoms with van der Waals surface area (Å²) in [7, 11) is 3.05. The molecule has 1 N–H and O–H groups in total. The first-order chi connectivity index (χ1) is 15.2. The molecule has 0 fully saturated rings. The Morgan fingerprint density at radius 1 is 1.03 bits per heavy atom. The highest BCUT2D eigenvalue weighted by atomic mass is 32.1. The van der Waals surface area contributed by atoms with Crippen LogP contribution in [-0.4, -0.2) is 47.4 Å². The molecule has 1 aromatic carbocycles. The maximum Gasteiger partial charge on any atom is 0.309 e. The number of esters is 1. The van der Waals surface area contributed by atoms with E-state index in [1.165, 1.54) is 19.4 Å². The Bertz CT molecular complexity index is 915. The van der Waals surface area contributed by atoms with Gasteiger partial charge in [0.05, 0.1) is 20.1 Å². The van der Waals surface area contributed by atoms with Gasteiger partial charge in [-0.1, -0.05) is 33.0 Å². The molecule has 0 saturated carbocycles. The molecular weight excluding hydrogens is 430 g/mol. The van der Waals surface area contributed by atoms with Crippen LogP contribution in [0.4, 0.5) is 0 Å². The average Bonchev–Trinajstić information content (AvgIpc) is 2.77. The van der Waals surface area contributed by atoms with Gasteiger partial charge in [0.25, 0.3) is 0 Å². The largest absolute Gasteiger partial charge is 0.503 e. The van der Waals surface area contributed by atoms with Crippen molar-refractivity contribution >= 4 is 23.1 Å². The number of thiocarbonyl (C=S) groups is 1. The highest BCUT2D eigenvalue weighted by molar-refractivity contribution is 7.80. The molecule has 7 nitrogen and oxygen atoms in total. The van der Waals surface area contributed by atoms with Crippen molar-refractivity contribution < 1.29 is 28.8 Å². The Morgan fingerprint density at radius 2 is 1.66 bits per heavy atom. The SMILES string of the molecule is COc1ccc(O[C@@H](C)[C@H](OC(=O)[C@H](C)CC(=S)c2nccc(OC)c2O)C(C)C)cc1. The summed E-state index contributed by atoms with van der Waals surface area (Å²) >= 11 is 5.41. The van der Waals surface area contributed by atoms with Crippen molar-refractivity contribution in [3.63, 3.8) is 0 Å². The fraction of sp³-hybridized carbons (Fsp3) is 0.458. The van der Waals surface area contributed by atoms with Gasteiger partial charge in [-0.05, 0) is 43.5 Å². The van der Waals surface area contributed by atoms with E-state index in [4.69, 9.17) is 31.2 Å². The Balaban J connectivity index is 2.02. The number of aromatic hydroxyl groups is 1. The van der Waals surface area contributed by atoms with Gasteiger partial charge in [0.2, 0.25) is 0 Å². The monoisotopic (exact) mass is 461 g/mol. The molecule has 0 spiro atoms. The van der Waals surface area contributed by atoms with Crippen LogP contribution in [0.3, 0.4) is 0 Å². The van der Waals surface area contributed by atoms with Crippen LogP contribution in [0, 0.1) is 11.8 Å². The number of rotatable bonds is 11. The minimum Gasteiger partial charge on any atom is -0.503 e. The van der Waals surface area contributed by atoms with Gasteiger partial charge in [-0.15, -0.1) is 0 Å². The molecule has 0 saturated heterocycles. The van der Waals surface area contributed by atoms with Gasteiger partial charge < -0.3 is 24.1 Å². The maximum absolute atomic E-state index is 12.8. The van der Waals surface area contributed by atoms with Gasteiger partial charge in [0, 0.05) is 17.1 Å². The number of hydrogen-bond acceptors (Lipinski definition) is 8. The first-order valence-electron chi connectivity index (χ1n) is 10.4. The van der Waals surface area contributed by atoms with Crippen LogP contribution in [-0.2, 0) is 9.53 Å². The van der Waals surface area contributed by atoms with Crippen molar-refractivity contribution in [3.8, 4) is 23.0 Å². The summed E-state index contributed by atoms with van der Waals surface area (Å²) in [6.07, 6.45) is 0.885. The molecule has 174 valence electrons. The molecule has 0 aliphatic heterocycles. The van der Waals surface area contributed by atoms with E-state index in [2.05, 4.69) is 4.98 Å². The maximum atomic E-state index is 12.8. The summed E-state index contributed by atoms with van der Waals surface area (Å²) in [6.45, 7) is 7.55. The molecule has 32 heavy (non-hydrogen) atoms. The predicted octanol–water partition coefficient (Wildman–Crippen LogP) is 4.58. The van der Waals surface area contributed by atoms with E-state index in [-0.39, 0.29) is 35.6 Å². The quantitative estimate of drug-likeness (QED) is 0.296. The van der Waals surface area contributed by atoms with Gasteiger partial charge in [-0.2, -0.15) is 0 Å². The molecule has 0 radical (unpaired) electrons. The molecule has 8 heteroatoms. The van der Waals surface area contributed by atoms with Crippen LogP contribution in [0.2, 0.25) is 0 Å². The molecule has 0 unspecified atom stereocenters. The second kappa shape index (κ2) is 11.7. The molecule has 1 heterocycles. The van der Waals surface area contributed by atoms with Crippen molar-refractivity contribution in [1.29, 1.82) is 0 Å². The van der Waals surface area contributed by atoms with Gasteiger partial charge in [-0.25, -0.2) is 0 Å². The van der Waals surface area contributed by atoms with Gasteiger partial charge in [0.15, 0.2) is 11.5 Å². The first kappa shape index (κ1) is 25.4. The molecule has 0 aliphatic rings. The highest BCUT2D eigenvalue weighted by Gasteiger charge is 2.29. The highest BCUT2D eigenvalue weighted by Crippen LogP contribution is 2.30. The van der Waals surface area contributed by atoms with E-state index in [0.717, 1.165) is 5.75 Å². The van der Waals surface area contributed by atoms with Crippen LogP contribution >= 0.6 is 12.2 Å². The fourth-order valence-electron chi connectivity index (χ4n) is 3.22. The molecule has 2 rings (SSSR count). The molecule has 2 aromatic rings. The number of methoxy groups -OCH3 is 2. The number of pyridine rings is 1. The Labute approximate surface area is 194 Å². The second-order valence-electron chi connectivity index (χ2n) is 7.88. The minimum absolute atomic E-state index is 0.0374. The van der Waals surface area contributed by atoms with Crippen LogP contribution in [0.25, 0.3) is 0 Å². The molecule has 3 atom stereocenters. The summed E-state index contributed by atoms with van der Waals surface area (Å²) in [4.78, 5) is 17.3. The smallest absolute Gasteiger partial charge is 0.309 e. The summed E-state index contributed by atoms with van der Waals surface area (Å²) in [5.74, 6) is 0.657. The second-order valence-corrected chi connectivity index (χ2v) is 8.38. The molecule has 0 amide bonds. The minimum atomic E-state index is -0.524. The van der Waals surface area contributed by atoms with Crippen LogP contribution in [0.15, 0.2) is 36.5 Å². The lowest BCUT2D eigenvalue weighted by Gasteiger charge is -2.29. The summed E-state index contributed by atoms with van der Waals surface area (Å²) in [5.41, 5.74) is 0.232. The predicted molar refractivity (Wildman–Crippen MR) is 126 cm³/mol. The summed E-state index contributed by atoms with van der Waals surface area (Å²) in [6, 6.07) is 8.77. The molecule has 1 aromatic heterocycles. The average molecular weight is 462 g/mol. The van der Waals surface area contributed by atoms with Gasteiger partial charge in [-0.3, -0.25) is 9.78 Å². The van der Waals surface area contributed by atoms with Crippen LogP contribution < -0.4 is 14.2 Å². The van der Waals surface area contributed by atoms with Crippen LogP contribution in [0.1, 0.15) is 39.8 Å². The van der Waals surface area contributed by atoms with E-state index in [0.29, 0.717) is 10.6 Å². The number of ether oxygens (including phenoxy) is 4. The third-order valence-corrected chi connectivity index (χ3v) is 5.38. The van der Waals surface area contributed by atoms with E-state index in [1.807, 2.05) is 45.0 Å². The Kier molecular flexibility index (Phi) is 9.26. The lowest BCUT2D eigenvalue weighted by Crippen LogP contribution is -2.39. The van der Waals surface area contributed by atoms with Crippen molar-refractivity contribution in [2.45, 2.75) is 46.3 Å². The zero-order valence-electron chi connectivity index (χ0n) is 19.3.